The van der Waals surface area contributed by atoms with Crippen molar-refractivity contribution in [2.45, 2.75) is 18.9 Å². The molecule has 1 amide bonds. The highest BCUT2D eigenvalue weighted by Gasteiger charge is 2.30. The maximum absolute atomic E-state index is 12.6. The summed E-state index contributed by atoms with van der Waals surface area (Å²) < 4.78 is 15.6. The van der Waals surface area contributed by atoms with Gasteiger partial charge in [-0.1, -0.05) is 0 Å². The van der Waals surface area contributed by atoms with Crippen LogP contribution in [0, 0.1) is 0 Å². The molecule has 1 aliphatic rings. The largest absolute Gasteiger partial charge is 0.497 e. The van der Waals surface area contributed by atoms with Crippen molar-refractivity contribution >= 4 is 17.6 Å². The minimum atomic E-state index is -0.407. The van der Waals surface area contributed by atoms with Crippen molar-refractivity contribution in [1.82, 2.24) is 4.90 Å². The van der Waals surface area contributed by atoms with Gasteiger partial charge in [0.2, 0.25) is 5.91 Å². The lowest BCUT2D eigenvalue weighted by molar-refractivity contribution is -0.117. The number of hydrogen-bond acceptors (Lipinski definition) is 6. The number of anilines is 1. The molecule has 3 rings (SSSR count). The van der Waals surface area contributed by atoms with E-state index in [2.05, 4.69) is 15.0 Å². The molecule has 0 saturated carbocycles. The number of hydrogen-bond donors (Lipinski definition) is 1. The first-order valence-electron chi connectivity index (χ1n) is 9.50. The zero-order valence-electron chi connectivity index (χ0n) is 16.9. The molecule has 29 heavy (non-hydrogen) atoms. The molecule has 2 aromatic carbocycles. The Hall–Kier alpha value is -3.06. The molecule has 1 fully saturated rings. The van der Waals surface area contributed by atoms with Crippen molar-refractivity contribution < 1.29 is 23.8 Å². The molecular formula is C22H26N2O5. The van der Waals surface area contributed by atoms with Gasteiger partial charge in [-0.25, -0.2) is 4.79 Å². The smallest absolute Gasteiger partial charge is 0.337 e. The zero-order valence-corrected chi connectivity index (χ0v) is 16.9. The summed E-state index contributed by atoms with van der Waals surface area (Å²) in [5.74, 6) is 1.05. The molecule has 1 heterocycles. The van der Waals surface area contributed by atoms with Crippen molar-refractivity contribution in [3.63, 3.8) is 0 Å². The first-order valence-corrected chi connectivity index (χ1v) is 9.50. The quantitative estimate of drug-likeness (QED) is 0.722. The number of carbonyl (C=O) groups excluding carboxylic acids is 2. The van der Waals surface area contributed by atoms with Gasteiger partial charge in [0, 0.05) is 17.3 Å². The number of ether oxygens (including phenoxy) is 3. The van der Waals surface area contributed by atoms with E-state index in [0.717, 1.165) is 36.4 Å². The summed E-state index contributed by atoms with van der Waals surface area (Å²) >= 11 is 0. The van der Waals surface area contributed by atoms with Crippen molar-refractivity contribution in [2.75, 3.05) is 39.7 Å². The number of amides is 1. The summed E-state index contributed by atoms with van der Waals surface area (Å²) in [5.41, 5.74) is 2.10. The second kappa shape index (κ2) is 9.43. The molecule has 7 nitrogen and oxygen atoms in total. The van der Waals surface area contributed by atoms with Crippen LogP contribution in [0.2, 0.25) is 0 Å². The predicted octanol–water partition coefficient (Wildman–Crippen LogP) is 3.27. The minimum absolute atomic E-state index is 0.0903. The van der Waals surface area contributed by atoms with Gasteiger partial charge in [-0.3, -0.25) is 9.69 Å². The molecule has 0 aliphatic carbocycles. The van der Waals surface area contributed by atoms with Crippen LogP contribution in [0.25, 0.3) is 0 Å². The number of nitrogens with one attached hydrogen (secondary N) is 1. The number of benzene rings is 2. The molecule has 0 radical (unpaired) electrons. The lowest BCUT2D eigenvalue weighted by Crippen LogP contribution is -2.33. The van der Waals surface area contributed by atoms with Crippen LogP contribution in [0.3, 0.4) is 0 Å². The highest BCUT2D eigenvalue weighted by molar-refractivity contribution is 5.94. The van der Waals surface area contributed by atoms with Crippen molar-refractivity contribution in [2.24, 2.45) is 0 Å². The SMILES string of the molecule is COC(=O)c1ccc(NC(=O)CN2CCC[C@@H]2c2cc(OC)ccc2OC)cc1. The van der Waals surface area contributed by atoms with E-state index in [4.69, 9.17) is 9.47 Å². The topological polar surface area (TPSA) is 77.1 Å². The monoisotopic (exact) mass is 398 g/mol. The van der Waals surface area contributed by atoms with E-state index in [9.17, 15) is 9.59 Å². The van der Waals surface area contributed by atoms with Crippen LogP contribution in [0.5, 0.6) is 11.5 Å². The van der Waals surface area contributed by atoms with Crippen molar-refractivity contribution in [3.05, 3.63) is 53.6 Å². The van der Waals surface area contributed by atoms with Gasteiger partial charge in [0.25, 0.3) is 0 Å². The van der Waals surface area contributed by atoms with Crippen molar-refractivity contribution in [1.29, 1.82) is 0 Å². The fraction of sp³-hybridized carbons (Fsp3) is 0.364. The fourth-order valence-corrected chi connectivity index (χ4v) is 3.66. The van der Waals surface area contributed by atoms with E-state index in [1.165, 1.54) is 7.11 Å². The molecule has 0 aromatic heterocycles. The first-order chi connectivity index (χ1) is 14.0. The van der Waals surface area contributed by atoms with E-state index >= 15 is 0 Å². The average molecular weight is 398 g/mol. The highest BCUT2D eigenvalue weighted by atomic mass is 16.5. The van der Waals surface area contributed by atoms with Crippen LogP contribution in [-0.2, 0) is 9.53 Å². The van der Waals surface area contributed by atoms with Crippen LogP contribution in [0.4, 0.5) is 5.69 Å². The third-order valence-corrected chi connectivity index (χ3v) is 5.10. The molecule has 0 spiro atoms. The number of carbonyl (C=O) groups is 2. The van der Waals surface area contributed by atoms with Gasteiger partial charge < -0.3 is 19.5 Å². The Morgan fingerprint density at radius 3 is 2.48 bits per heavy atom. The second-order valence-electron chi connectivity index (χ2n) is 6.85. The maximum Gasteiger partial charge on any atom is 0.337 e. The van der Waals surface area contributed by atoms with Gasteiger partial charge in [-0.2, -0.15) is 0 Å². The Morgan fingerprint density at radius 2 is 1.83 bits per heavy atom. The van der Waals surface area contributed by atoms with Crippen LogP contribution < -0.4 is 14.8 Å². The number of esters is 1. The van der Waals surface area contributed by atoms with Crippen molar-refractivity contribution in [3.8, 4) is 11.5 Å². The molecule has 154 valence electrons. The van der Waals surface area contributed by atoms with E-state index in [1.807, 2.05) is 18.2 Å². The van der Waals surface area contributed by atoms with E-state index in [1.54, 1.807) is 38.5 Å². The molecular weight excluding hydrogens is 372 g/mol. The van der Waals surface area contributed by atoms with E-state index < -0.39 is 5.97 Å². The summed E-state index contributed by atoms with van der Waals surface area (Å²) in [6.07, 6.45) is 1.96. The molecule has 2 aromatic rings. The van der Waals surface area contributed by atoms with Gasteiger partial charge in [0.05, 0.1) is 33.4 Å². The normalized spacial score (nSPS) is 16.3. The predicted molar refractivity (Wildman–Crippen MR) is 110 cm³/mol. The Bertz CT molecular complexity index is 866. The molecule has 0 unspecified atom stereocenters. The van der Waals surface area contributed by atoms with Crippen LogP contribution in [0.15, 0.2) is 42.5 Å². The lowest BCUT2D eigenvalue weighted by atomic mass is 10.0. The number of methoxy groups -OCH3 is 3. The van der Waals surface area contributed by atoms with E-state index in [-0.39, 0.29) is 18.5 Å². The Kier molecular flexibility index (Phi) is 6.72. The van der Waals surface area contributed by atoms with Gasteiger partial charge in [0.15, 0.2) is 0 Å². The maximum atomic E-state index is 12.6. The summed E-state index contributed by atoms with van der Waals surface area (Å²) in [4.78, 5) is 26.3. The summed E-state index contributed by atoms with van der Waals surface area (Å²) in [6.45, 7) is 1.10. The molecule has 1 N–H and O–H groups in total. The fourth-order valence-electron chi connectivity index (χ4n) is 3.66. The van der Waals surface area contributed by atoms with Crippen LogP contribution in [0.1, 0.15) is 34.8 Å². The van der Waals surface area contributed by atoms with Gasteiger partial charge >= 0.3 is 5.97 Å². The summed E-state index contributed by atoms with van der Waals surface area (Å²) in [6, 6.07) is 12.5. The Balaban J connectivity index is 1.68. The Labute approximate surface area is 170 Å². The van der Waals surface area contributed by atoms with E-state index in [0.29, 0.717) is 11.3 Å². The zero-order chi connectivity index (χ0) is 20.8. The van der Waals surface area contributed by atoms with Gasteiger partial charge in [-0.15, -0.1) is 0 Å². The first kappa shape index (κ1) is 20.7. The highest BCUT2D eigenvalue weighted by Crippen LogP contribution is 2.38. The minimum Gasteiger partial charge on any atom is -0.497 e. The molecule has 1 saturated heterocycles. The van der Waals surface area contributed by atoms with Crippen LogP contribution in [-0.4, -0.2) is 51.2 Å². The molecule has 1 aliphatic heterocycles. The van der Waals surface area contributed by atoms with Gasteiger partial charge in [0.1, 0.15) is 11.5 Å². The molecule has 0 bridgehead atoms. The second-order valence-corrected chi connectivity index (χ2v) is 6.85. The average Bonchev–Trinajstić information content (AvgIpc) is 3.20. The van der Waals surface area contributed by atoms with Crippen LogP contribution >= 0.6 is 0 Å². The number of rotatable bonds is 7. The standard InChI is InChI=1S/C22H26N2O5/c1-27-17-10-11-20(28-2)18(13-17)19-5-4-12-24(19)14-21(25)23-16-8-6-15(7-9-16)22(26)29-3/h6-11,13,19H,4-5,12,14H2,1-3H3,(H,23,25)/t19-/m1/s1. The molecule has 1 atom stereocenters. The third kappa shape index (κ3) is 4.86. The Morgan fingerprint density at radius 1 is 1.07 bits per heavy atom. The summed E-state index contributed by atoms with van der Waals surface area (Å²) in [7, 11) is 4.62. The number of likely N-dealkylation sites (tertiary alicyclic amines) is 1. The third-order valence-electron chi connectivity index (χ3n) is 5.10. The lowest BCUT2D eigenvalue weighted by Gasteiger charge is -2.26. The summed E-state index contributed by atoms with van der Waals surface area (Å²) in [5, 5.41) is 2.89. The number of nitrogens with zero attached hydrogens (tertiary/aromatic N) is 1. The molecule has 7 heteroatoms. The van der Waals surface area contributed by atoms with Gasteiger partial charge in [-0.05, 0) is 61.9 Å².